The molecule has 0 spiro atoms. The molecule has 1 aromatic rings. The van der Waals surface area contributed by atoms with Crippen LogP contribution in [-0.2, 0) is 26.1 Å². The molecule has 0 aliphatic heterocycles. The van der Waals surface area contributed by atoms with Crippen LogP contribution in [0.2, 0.25) is 0 Å². The number of rotatable bonds is 6. The summed E-state index contributed by atoms with van der Waals surface area (Å²) in [6.07, 6.45) is 2.41. The fourth-order valence-electron chi connectivity index (χ4n) is 2.49. The quantitative estimate of drug-likeness (QED) is 0.527. The van der Waals surface area contributed by atoms with Gasteiger partial charge < -0.3 is 9.63 Å². The van der Waals surface area contributed by atoms with Gasteiger partial charge >= 0.3 is 0 Å². The smallest absolute Gasteiger partial charge is 0.195 e. The lowest BCUT2D eigenvalue weighted by molar-refractivity contribution is 0.320. The summed E-state index contributed by atoms with van der Waals surface area (Å²) in [6, 6.07) is 3.96. The lowest BCUT2D eigenvalue weighted by Gasteiger charge is -2.28. The van der Waals surface area contributed by atoms with Crippen LogP contribution in [0.15, 0.2) is 12.1 Å². The Morgan fingerprint density at radius 2 is 1.52 bits per heavy atom. The first kappa shape index (κ1) is 20.3. The van der Waals surface area contributed by atoms with E-state index in [0.29, 0.717) is 18.5 Å². The number of hydrogen-bond acceptors (Lipinski definition) is 3. The predicted molar refractivity (Wildman–Crippen MR) is 99.1 cm³/mol. The fourth-order valence-corrected chi connectivity index (χ4v) is 3.50. The van der Waals surface area contributed by atoms with Crippen LogP contribution in [0.3, 0.4) is 0 Å². The SMILES string of the molecule is CCCCO[PH](=O)Cc1cc(C(C)(C)C)c(O)c(C(C)(C)C)c1. The highest BCUT2D eigenvalue weighted by molar-refractivity contribution is 7.38. The number of phenols is 1. The molecule has 1 aromatic carbocycles. The summed E-state index contributed by atoms with van der Waals surface area (Å²) in [6.45, 7) is 15.1. The minimum absolute atomic E-state index is 0.168. The Balaban J connectivity index is 3.16. The molecule has 1 unspecified atom stereocenters. The summed E-state index contributed by atoms with van der Waals surface area (Å²) in [5.74, 6) is 0.361. The van der Waals surface area contributed by atoms with Gasteiger partial charge in [-0.2, -0.15) is 0 Å². The van der Waals surface area contributed by atoms with Crippen LogP contribution in [0.4, 0.5) is 0 Å². The molecule has 132 valence electrons. The van der Waals surface area contributed by atoms with Crippen LogP contribution in [0.25, 0.3) is 0 Å². The van der Waals surface area contributed by atoms with Crippen LogP contribution in [0.5, 0.6) is 5.75 Å². The van der Waals surface area contributed by atoms with Gasteiger partial charge in [0.15, 0.2) is 8.03 Å². The molecular formula is C19H33O3P. The number of phenolic OH excluding ortho intramolecular Hbond substituents is 1. The molecule has 4 heteroatoms. The zero-order valence-corrected chi connectivity index (χ0v) is 16.7. The van der Waals surface area contributed by atoms with Gasteiger partial charge in [-0.25, -0.2) is 0 Å². The van der Waals surface area contributed by atoms with Crippen LogP contribution < -0.4 is 0 Å². The number of benzene rings is 1. The average molecular weight is 340 g/mol. The molecule has 3 nitrogen and oxygen atoms in total. The largest absolute Gasteiger partial charge is 0.507 e. The molecule has 1 atom stereocenters. The second-order valence-electron chi connectivity index (χ2n) is 8.29. The highest BCUT2D eigenvalue weighted by Crippen LogP contribution is 2.41. The normalized spacial score (nSPS) is 14.0. The molecule has 0 aromatic heterocycles. The van der Waals surface area contributed by atoms with E-state index in [4.69, 9.17) is 4.52 Å². The minimum atomic E-state index is -2.08. The second kappa shape index (κ2) is 7.85. The molecule has 1 rings (SSSR count). The highest BCUT2D eigenvalue weighted by atomic mass is 31.1. The molecule has 0 heterocycles. The van der Waals surface area contributed by atoms with Gasteiger partial charge in [0.05, 0.1) is 6.61 Å². The molecule has 0 radical (unpaired) electrons. The van der Waals surface area contributed by atoms with Gasteiger partial charge in [0.2, 0.25) is 0 Å². The van der Waals surface area contributed by atoms with Crippen LogP contribution >= 0.6 is 8.03 Å². The van der Waals surface area contributed by atoms with E-state index in [2.05, 4.69) is 48.5 Å². The molecule has 0 amide bonds. The van der Waals surface area contributed by atoms with E-state index in [0.717, 1.165) is 29.5 Å². The topological polar surface area (TPSA) is 46.5 Å². The first-order valence-corrected chi connectivity index (χ1v) is 10.0. The lowest BCUT2D eigenvalue weighted by Crippen LogP contribution is -2.17. The molecule has 0 bridgehead atoms. The summed E-state index contributed by atoms with van der Waals surface area (Å²) in [5, 5.41) is 10.7. The Hall–Kier alpha value is -0.790. The summed E-state index contributed by atoms with van der Waals surface area (Å²) in [7, 11) is -2.08. The standard InChI is InChI=1S/C19H33O3P/c1-8-9-10-22-23(21)13-14-11-15(18(2,3)4)17(20)16(12-14)19(5,6)7/h11-12,20,23H,8-10,13H2,1-7H3. The minimum Gasteiger partial charge on any atom is -0.507 e. The average Bonchev–Trinajstić information content (AvgIpc) is 2.38. The molecule has 1 N–H and O–H groups in total. The van der Waals surface area contributed by atoms with Gasteiger partial charge in [0, 0.05) is 6.16 Å². The van der Waals surface area contributed by atoms with Gasteiger partial charge in [-0.15, -0.1) is 0 Å². The molecule has 0 saturated carbocycles. The van der Waals surface area contributed by atoms with E-state index in [-0.39, 0.29) is 10.8 Å². The summed E-state index contributed by atoms with van der Waals surface area (Å²) in [4.78, 5) is 0. The van der Waals surface area contributed by atoms with Gasteiger partial charge in [-0.3, -0.25) is 4.57 Å². The third kappa shape index (κ3) is 5.97. The van der Waals surface area contributed by atoms with E-state index in [1.807, 2.05) is 12.1 Å². The molecule has 0 saturated heterocycles. The molecule has 0 aliphatic carbocycles. The van der Waals surface area contributed by atoms with E-state index < -0.39 is 8.03 Å². The lowest BCUT2D eigenvalue weighted by atomic mass is 9.78. The van der Waals surface area contributed by atoms with Crippen molar-refractivity contribution in [1.29, 1.82) is 0 Å². The number of aromatic hydroxyl groups is 1. The monoisotopic (exact) mass is 340 g/mol. The number of hydrogen-bond donors (Lipinski definition) is 1. The van der Waals surface area contributed by atoms with Crippen molar-refractivity contribution in [3.63, 3.8) is 0 Å². The molecule has 0 aliphatic rings. The molecular weight excluding hydrogens is 307 g/mol. The predicted octanol–water partition coefficient (Wildman–Crippen LogP) is 5.78. The Labute approximate surface area is 142 Å². The van der Waals surface area contributed by atoms with Crippen molar-refractivity contribution in [2.75, 3.05) is 6.61 Å². The van der Waals surface area contributed by atoms with Crippen molar-refractivity contribution < 1.29 is 14.2 Å². The first-order chi connectivity index (χ1) is 10.5. The molecule has 23 heavy (non-hydrogen) atoms. The Bertz CT molecular complexity index is 516. The Morgan fingerprint density at radius 3 is 1.91 bits per heavy atom. The highest BCUT2D eigenvalue weighted by Gasteiger charge is 2.26. The van der Waals surface area contributed by atoms with Crippen molar-refractivity contribution >= 4 is 8.03 Å². The van der Waals surface area contributed by atoms with E-state index >= 15 is 0 Å². The zero-order chi connectivity index (χ0) is 17.8. The van der Waals surface area contributed by atoms with Gasteiger partial charge in [-0.05, 0) is 33.9 Å². The Kier molecular flexibility index (Phi) is 6.92. The maximum absolute atomic E-state index is 12.2. The van der Waals surface area contributed by atoms with Gasteiger partial charge in [0.25, 0.3) is 0 Å². The van der Waals surface area contributed by atoms with E-state index in [1.54, 1.807) is 0 Å². The van der Waals surface area contributed by atoms with Crippen LogP contribution in [0, 0.1) is 0 Å². The summed E-state index contributed by atoms with van der Waals surface area (Å²) in [5.41, 5.74) is 2.46. The van der Waals surface area contributed by atoms with Gasteiger partial charge in [-0.1, -0.05) is 67.0 Å². The Morgan fingerprint density at radius 1 is 1.04 bits per heavy atom. The van der Waals surface area contributed by atoms with Crippen molar-refractivity contribution in [3.05, 3.63) is 28.8 Å². The van der Waals surface area contributed by atoms with Crippen molar-refractivity contribution in [1.82, 2.24) is 0 Å². The second-order valence-corrected chi connectivity index (χ2v) is 9.68. The number of unbranched alkanes of at least 4 members (excludes halogenated alkanes) is 1. The maximum Gasteiger partial charge on any atom is 0.195 e. The third-order valence-electron chi connectivity index (χ3n) is 3.90. The van der Waals surface area contributed by atoms with Gasteiger partial charge in [0.1, 0.15) is 5.75 Å². The third-order valence-corrected chi connectivity index (χ3v) is 5.12. The maximum atomic E-state index is 12.2. The molecule has 0 fully saturated rings. The first-order valence-electron chi connectivity index (χ1n) is 8.49. The van der Waals surface area contributed by atoms with Crippen LogP contribution in [0.1, 0.15) is 78.0 Å². The van der Waals surface area contributed by atoms with E-state index in [9.17, 15) is 9.67 Å². The van der Waals surface area contributed by atoms with E-state index in [1.165, 1.54) is 0 Å². The zero-order valence-electron chi connectivity index (χ0n) is 15.7. The van der Waals surface area contributed by atoms with Crippen LogP contribution in [-0.4, -0.2) is 11.7 Å². The fraction of sp³-hybridized carbons (Fsp3) is 0.684. The van der Waals surface area contributed by atoms with Crippen molar-refractivity contribution in [2.24, 2.45) is 0 Å². The van der Waals surface area contributed by atoms with Crippen molar-refractivity contribution in [3.8, 4) is 5.75 Å². The van der Waals surface area contributed by atoms with Crippen molar-refractivity contribution in [2.45, 2.75) is 78.3 Å². The summed E-state index contributed by atoms with van der Waals surface area (Å²) >= 11 is 0. The summed E-state index contributed by atoms with van der Waals surface area (Å²) < 4.78 is 17.6.